The smallest absolute Gasteiger partial charge is 0.264 e. The lowest BCUT2D eigenvalue weighted by molar-refractivity contribution is 0.0974. The van der Waals surface area contributed by atoms with E-state index in [0.717, 1.165) is 43.6 Å². The van der Waals surface area contributed by atoms with Crippen LogP contribution in [-0.2, 0) is 5.41 Å². The third-order valence-corrected chi connectivity index (χ3v) is 5.50. The van der Waals surface area contributed by atoms with Gasteiger partial charge in [0.1, 0.15) is 17.2 Å². The van der Waals surface area contributed by atoms with Crippen LogP contribution in [0.1, 0.15) is 28.8 Å². The zero-order valence-corrected chi connectivity index (χ0v) is 14.2. The van der Waals surface area contributed by atoms with Crippen molar-refractivity contribution in [3.63, 3.8) is 0 Å². The number of benzene rings is 2. The van der Waals surface area contributed by atoms with Crippen molar-refractivity contribution in [2.75, 3.05) is 24.5 Å². The summed E-state index contributed by atoms with van der Waals surface area (Å²) in [6.07, 6.45) is 1.70. The number of halogens is 3. The predicted octanol–water partition coefficient (Wildman–Crippen LogP) is 3.90. The predicted molar refractivity (Wildman–Crippen MR) is 93.3 cm³/mol. The highest BCUT2D eigenvalue weighted by molar-refractivity contribution is 6.30. The van der Waals surface area contributed by atoms with Crippen LogP contribution in [0, 0.1) is 11.6 Å². The fraction of sp³-hybridized carbons (Fsp3) is 0.316. The van der Waals surface area contributed by atoms with Crippen molar-refractivity contribution >= 4 is 23.2 Å². The Kier molecular flexibility index (Phi) is 4.01. The van der Waals surface area contributed by atoms with Gasteiger partial charge in [-0.05, 0) is 61.8 Å². The average Bonchev–Trinajstić information content (AvgIpc) is 2.89. The Labute approximate surface area is 149 Å². The van der Waals surface area contributed by atoms with Crippen LogP contribution >= 0.6 is 11.6 Å². The molecule has 2 aliphatic heterocycles. The van der Waals surface area contributed by atoms with Crippen LogP contribution in [-0.4, -0.2) is 25.5 Å². The van der Waals surface area contributed by atoms with E-state index in [0.29, 0.717) is 17.3 Å². The highest BCUT2D eigenvalue weighted by Gasteiger charge is 2.46. The zero-order chi connectivity index (χ0) is 17.6. The van der Waals surface area contributed by atoms with E-state index in [1.54, 1.807) is 12.1 Å². The van der Waals surface area contributed by atoms with E-state index in [2.05, 4.69) is 5.32 Å². The largest absolute Gasteiger partial charge is 0.317 e. The Morgan fingerprint density at radius 2 is 1.80 bits per heavy atom. The number of nitrogens with one attached hydrogen (secondary N) is 1. The molecule has 6 heteroatoms. The van der Waals surface area contributed by atoms with Crippen LogP contribution in [0.4, 0.5) is 14.5 Å². The molecule has 2 aromatic carbocycles. The molecule has 0 unspecified atom stereocenters. The topological polar surface area (TPSA) is 32.3 Å². The first-order valence-electron chi connectivity index (χ1n) is 8.28. The summed E-state index contributed by atoms with van der Waals surface area (Å²) in [5.74, 6) is -2.33. The summed E-state index contributed by atoms with van der Waals surface area (Å²) in [4.78, 5) is 14.5. The Balaban J connectivity index is 1.81. The number of rotatable bonds is 1. The van der Waals surface area contributed by atoms with Crippen molar-refractivity contribution in [2.45, 2.75) is 18.3 Å². The summed E-state index contributed by atoms with van der Waals surface area (Å²) in [6.45, 7) is 2.08. The lowest BCUT2D eigenvalue weighted by Gasteiger charge is -2.34. The summed E-state index contributed by atoms with van der Waals surface area (Å²) >= 11 is 6.18. The SMILES string of the molecule is O=C(c1c(F)cccc1F)N1CC2(CCNCC2)c2cc(Cl)ccc21. The molecule has 1 spiro atoms. The molecule has 0 aromatic heterocycles. The number of carbonyl (C=O) groups excluding carboxylic acids is 1. The molecule has 0 radical (unpaired) electrons. The van der Waals surface area contributed by atoms with Gasteiger partial charge in [0, 0.05) is 22.7 Å². The van der Waals surface area contributed by atoms with Crippen LogP contribution in [0.3, 0.4) is 0 Å². The normalized spacial score (nSPS) is 18.4. The van der Waals surface area contributed by atoms with Gasteiger partial charge < -0.3 is 10.2 Å². The van der Waals surface area contributed by atoms with Crippen molar-refractivity contribution < 1.29 is 13.6 Å². The molecule has 1 amide bonds. The first-order valence-corrected chi connectivity index (χ1v) is 8.66. The van der Waals surface area contributed by atoms with E-state index < -0.39 is 23.1 Å². The third kappa shape index (κ3) is 2.62. The maximum Gasteiger partial charge on any atom is 0.264 e. The average molecular weight is 363 g/mol. The van der Waals surface area contributed by atoms with E-state index in [1.165, 1.54) is 11.0 Å². The molecule has 0 bridgehead atoms. The summed E-state index contributed by atoms with van der Waals surface area (Å²) in [7, 11) is 0. The van der Waals surface area contributed by atoms with Crippen molar-refractivity contribution in [3.8, 4) is 0 Å². The molecule has 0 saturated carbocycles. The van der Waals surface area contributed by atoms with Gasteiger partial charge in [0.25, 0.3) is 5.91 Å². The highest BCUT2D eigenvalue weighted by Crippen LogP contribution is 2.47. The molecular weight excluding hydrogens is 346 g/mol. The lowest BCUT2D eigenvalue weighted by Crippen LogP contribution is -2.44. The van der Waals surface area contributed by atoms with Crippen molar-refractivity contribution in [3.05, 3.63) is 64.2 Å². The molecule has 2 aromatic rings. The number of piperidine rings is 1. The second kappa shape index (κ2) is 6.07. The van der Waals surface area contributed by atoms with Crippen LogP contribution in [0.25, 0.3) is 0 Å². The summed E-state index contributed by atoms with van der Waals surface area (Å²) < 4.78 is 28.2. The minimum absolute atomic E-state index is 0.219. The molecule has 1 fully saturated rings. The molecule has 25 heavy (non-hydrogen) atoms. The van der Waals surface area contributed by atoms with E-state index in [-0.39, 0.29) is 5.41 Å². The molecule has 2 aliphatic rings. The number of nitrogens with zero attached hydrogens (tertiary/aromatic N) is 1. The van der Waals surface area contributed by atoms with Crippen molar-refractivity contribution in [2.24, 2.45) is 0 Å². The van der Waals surface area contributed by atoms with Gasteiger partial charge in [-0.2, -0.15) is 0 Å². The summed E-state index contributed by atoms with van der Waals surface area (Å²) in [5, 5.41) is 3.92. The second-order valence-electron chi connectivity index (χ2n) is 6.68. The highest BCUT2D eigenvalue weighted by atomic mass is 35.5. The van der Waals surface area contributed by atoms with E-state index >= 15 is 0 Å². The van der Waals surface area contributed by atoms with Gasteiger partial charge in [0.05, 0.1) is 0 Å². The van der Waals surface area contributed by atoms with E-state index in [1.807, 2.05) is 6.07 Å². The van der Waals surface area contributed by atoms with Gasteiger partial charge >= 0.3 is 0 Å². The van der Waals surface area contributed by atoms with Gasteiger partial charge in [0.2, 0.25) is 0 Å². The summed E-state index contributed by atoms with van der Waals surface area (Å²) in [6, 6.07) is 8.83. The number of amides is 1. The Hall–Kier alpha value is -1.98. The van der Waals surface area contributed by atoms with Gasteiger partial charge in [-0.3, -0.25) is 4.79 Å². The molecule has 0 atom stereocenters. The first-order chi connectivity index (χ1) is 12.0. The minimum Gasteiger partial charge on any atom is -0.317 e. The molecule has 3 nitrogen and oxygen atoms in total. The molecular formula is C19H17ClF2N2O. The lowest BCUT2D eigenvalue weighted by atomic mass is 9.75. The van der Waals surface area contributed by atoms with Crippen molar-refractivity contribution in [1.82, 2.24) is 5.32 Å². The van der Waals surface area contributed by atoms with E-state index in [9.17, 15) is 13.6 Å². The maximum atomic E-state index is 14.1. The van der Waals surface area contributed by atoms with Crippen LogP contribution in [0.15, 0.2) is 36.4 Å². The molecule has 2 heterocycles. The van der Waals surface area contributed by atoms with Gasteiger partial charge in [0.15, 0.2) is 0 Å². The number of hydrogen-bond donors (Lipinski definition) is 1. The monoisotopic (exact) mass is 362 g/mol. The minimum atomic E-state index is -0.841. The Morgan fingerprint density at radius 3 is 2.48 bits per heavy atom. The quantitative estimate of drug-likeness (QED) is 0.834. The second-order valence-corrected chi connectivity index (χ2v) is 7.12. The maximum absolute atomic E-state index is 14.1. The molecule has 4 rings (SSSR count). The number of fused-ring (bicyclic) bond motifs is 2. The first kappa shape index (κ1) is 16.5. The van der Waals surface area contributed by atoms with Gasteiger partial charge in [-0.25, -0.2) is 8.78 Å². The number of anilines is 1. The Morgan fingerprint density at radius 1 is 1.12 bits per heavy atom. The van der Waals surface area contributed by atoms with Crippen molar-refractivity contribution in [1.29, 1.82) is 0 Å². The summed E-state index contributed by atoms with van der Waals surface area (Å²) in [5.41, 5.74) is 0.961. The van der Waals surface area contributed by atoms with Crippen LogP contribution < -0.4 is 10.2 Å². The zero-order valence-electron chi connectivity index (χ0n) is 13.5. The van der Waals surface area contributed by atoms with Gasteiger partial charge in [-0.1, -0.05) is 17.7 Å². The standard InChI is InChI=1S/C19H17ClF2N2O/c20-12-4-5-16-13(10-12)19(6-8-23-9-7-19)11-24(16)18(25)17-14(21)2-1-3-15(17)22/h1-5,10,23H,6-9,11H2. The fourth-order valence-corrected chi connectivity index (χ4v) is 4.16. The fourth-order valence-electron chi connectivity index (χ4n) is 3.99. The Bertz CT molecular complexity index is 829. The van der Waals surface area contributed by atoms with Crippen LogP contribution in [0.2, 0.25) is 5.02 Å². The van der Waals surface area contributed by atoms with Gasteiger partial charge in [-0.15, -0.1) is 0 Å². The molecule has 0 aliphatic carbocycles. The third-order valence-electron chi connectivity index (χ3n) is 5.26. The molecule has 1 saturated heterocycles. The molecule has 1 N–H and O–H groups in total. The number of hydrogen-bond acceptors (Lipinski definition) is 2. The van der Waals surface area contributed by atoms with Crippen LogP contribution in [0.5, 0.6) is 0 Å². The molecule has 130 valence electrons. The number of carbonyl (C=O) groups is 1. The van der Waals surface area contributed by atoms with E-state index in [4.69, 9.17) is 11.6 Å².